The van der Waals surface area contributed by atoms with Crippen LogP contribution in [0.4, 0.5) is 4.39 Å². The van der Waals surface area contributed by atoms with Crippen molar-refractivity contribution < 1.29 is 9.18 Å². The zero-order valence-electron chi connectivity index (χ0n) is 10.8. The Balaban J connectivity index is 2.53. The van der Waals surface area contributed by atoms with Crippen molar-refractivity contribution in [1.29, 1.82) is 0 Å². The summed E-state index contributed by atoms with van der Waals surface area (Å²) in [5, 5.41) is 0. The lowest BCUT2D eigenvalue weighted by molar-refractivity contribution is 0.103. The quantitative estimate of drug-likeness (QED) is 0.728. The molecule has 1 nitrogen and oxygen atoms in total. The Hall–Kier alpha value is -1.96. The van der Waals surface area contributed by atoms with E-state index in [0.29, 0.717) is 11.1 Å². The van der Waals surface area contributed by atoms with Crippen LogP contribution >= 0.6 is 0 Å². The van der Waals surface area contributed by atoms with Crippen molar-refractivity contribution in [3.8, 4) is 0 Å². The summed E-state index contributed by atoms with van der Waals surface area (Å²) < 4.78 is 13.9. The molecule has 0 aliphatic heterocycles. The molecule has 0 fully saturated rings. The van der Waals surface area contributed by atoms with Crippen LogP contribution in [0.15, 0.2) is 36.4 Å². The summed E-state index contributed by atoms with van der Waals surface area (Å²) in [6.07, 6.45) is 0. The molecule has 0 saturated heterocycles. The zero-order valence-corrected chi connectivity index (χ0v) is 10.8. The second kappa shape index (κ2) is 4.73. The number of hydrogen-bond acceptors (Lipinski definition) is 1. The maximum Gasteiger partial charge on any atom is 0.196 e. The first-order valence-electron chi connectivity index (χ1n) is 5.87. The van der Waals surface area contributed by atoms with Crippen LogP contribution in [-0.2, 0) is 0 Å². The molecule has 0 bridgehead atoms. The van der Waals surface area contributed by atoms with Crippen molar-refractivity contribution in [2.45, 2.75) is 20.8 Å². The molecule has 2 heteroatoms. The summed E-state index contributed by atoms with van der Waals surface area (Å²) in [5.41, 5.74) is 3.20. The van der Waals surface area contributed by atoms with E-state index in [0.717, 1.165) is 11.1 Å². The molecule has 2 aromatic carbocycles. The van der Waals surface area contributed by atoms with Crippen LogP contribution < -0.4 is 0 Å². The molecule has 0 radical (unpaired) electrons. The fraction of sp³-hybridized carbons (Fsp3) is 0.188. The highest BCUT2D eigenvalue weighted by molar-refractivity contribution is 6.10. The van der Waals surface area contributed by atoms with Gasteiger partial charge in [0.1, 0.15) is 5.82 Å². The van der Waals surface area contributed by atoms with Crippen LogP contribution in [0.25, 0.3) is 0 Å². The molecule has 0 saturated carbocycles. The predicted octanol–water partition coefficient (Wildman–Crippen LogP) is 3.98. The van der Waals surface area contributed by atoms with Gasteiger partial charge < -0.3 is 0 Å². The number of hydrogen-bond donors (Lipinski definition) is 0. The second-order valence-electron chi connectivity index (χ2n) is 4.64. The maximum absolute atomic E-state index is 13.9. The van der Waals surface area contributed by atoms with Crippen molar-refractivity contribution in [1.82, 2.24) is 0 Å². The van der Waals surface area contributed by atoms with E-state index < -0.39 is 5.82 Å². The minimum atomic E-state index is -0.445. The van der Waals surface area contributed by atoms with Gasteiger partial charge in [-0.05, 0) is 44.0 Å². The monoisotopic (exact) mass is 242 g/mol. The SMILES string of the molecule is Cc1cccc(C(=O)c2c(C)cc(C)cc2F)c1. The highest BCUT2D eigenvalue weighted by Crippen LogP contribution is 2.20. The van der Waals surface area contributed by atoms with Crippen LogP contribution in [-0.4, -0.2) is 5.78 Å². The first-order chi connectivity index (χ1) is 8.49. The number of carbonyl (C=O) groups is 1. The van der Waals surface area contributed by atoms with Crippen LogP contribution in [0.3, 0.4) is 0 Å². The Morgan fingerprint density at radius 2 is 1.72 bits per heavy atom. The Kier molecular flexibility index (Phi) is 3.28. The minimum absolute atomic E-state index is 0.172. The first-order valence-corrected chi connectivity index (χ1v) is 5.87. The molecule has 2 aromatic rings. The summed E-state index contributed by atoms with van der Waals surface area (Å²) in [6, 6.07) is 10.4. The molecule has 0 aromatic heterocycles. The number of ketones is 1. The number of rotatable bonds is 2. The molecule has 0 aliphatic carbocycles. The third kappa shape index (κ3) is 2.33. The van der Waals surface area contributed by atoms with Gasteiger partial charge in [0.2, 0.25) is 0 Å². The van der Waals surface area contributed by atoms with E-state index in [-0.39, 0.29) is 11.3 Å². The molecule has 92 valence electrons. The Labute approximate surface area is 106 Å². The van der Waals surface area contributed by atoms with Gasteiger partial charge in [-0.15, -0.1) is 0 Å². The van der Waals surface area contributed by atoms with E-state index in [2.05, 4.69) is 0 Å². The van der Waals surface area contributed by atoms with Crippen LogP contribution in [0.5, 0.6) is 0 Å². The van der Waals surface area contributed by atoms with E-state index in [4.69, 9.17) is 0 Å². The van der Waals surface area contributed by atoms with Crippen LogP contribution in [0.1, 0.15) is 32.6 Å². The summed E-state index contributed by atoms with van der Waals surface area (Å²) in [5.74, 6) is -0.701. The minimum Gasteiger partial charge on any atom is -0.288 e. The van der Waals surface area contributed by atoms with E-state index in [9.17, 15) is 9.18 Å². The summed E-state index contributed by atoms with van der Waals surface area (Å²) in [6.45, 7) is 5.49. The molecule has 0 N–H and O–H groups in total. The zero-order chi connectivity index (χ0) is 13.3. The number of carbonyl (C=O) groups excluding carboxylic acids is 1. The molecule has 0 heterocycles. The molecule has 0 atom stereocenters. The summed E-state index contributed by atoms with van der Waals surface area (Å²) in [7, 11) is 0. The molecular formula is C16H15FO. The Morgan fingerprint density at radius 1 is 1.00 bits per heavy atom. The first kappa shape index (κ1) is 12.5. The average molecular weight is 242 g/mol. The van der Waals surface area contributed by atoms with Gasteiger partial charge in [-0.2, -0.15) is 0 Å². The van der Waals surface area contributed by atoms with Crippen molar-refractivity contribution in [2.24, 2.45) is 0 Å². The second-order valence-corrected chi connectivity index (χ2v) is 4.64. The van der Waals surface area contributed by atoms with Gasteiger partial charge in [-0.1, -0.05) is 29.8 Å². The molecule has 0 unspecified atom stereocenters. The van der Waals surface area contributed by atoms with Crippen molar-refractivity contribution in [2.75, 3.05) is 0 Å². The smallest absolute Gasteiger partial charge is 0.196 e. The number of benzene rings is 2. The lowest BCUT2D eigenvalue weighted by Gasteiger charge is -2.08. The van der Waals surface area contributed by atoms with E-state index in [1.165, 1.54) is 6.07 Å². The lowest BCUT2D eigenvalue weighted by Crippen LogP contribution is -2.07. The van der Waals surface area contributed by atoms with Crippen LogP contribution in [0.2, 0.25) is 0 Å². The van der Waals surface area contributed by atoms with Gasteiger partial charge >= 0.3 is 0 Å². The fourth-order valence-corrected chi connectivity index (χ4v) is 2.13. The van der Waals surface area contributed by atoms with Crippen molar-refractivity contribution in [3.05, 3.63) is 70.0 Å². The average Bonchev–Trinajstić information content (AvgIpc) is 2.27. The van der Waals surface area contributed by atoms with Crippen LogP contribution in [0, 0.1) is 26.6 Å². The van der Waals surface area contributed by atoms with Gasteiger partial charge in [-0.25, -0.2) is 4.39 Å². The number of aryl methyl sites for hydroxylation is 3. The summed E-state index contributed by atoms with van der Waals surface area (Å²) in [4.78, 5) is 12.3. The normalized spacial score (nSPS) is 10.4. The Morgan fingerprint density at radius 3 is 2.33 bits per heavy atom. The van der Waals surface area contributed by atoms with Crippen molar-refractivity contribution >= 4 is 5.78 Å². The maximum atomic E-state index is 13.9. The molecule has 18 heavy (non-hydrogen) atoms. The predicted molar refractivity (Wildman–Crippen MR) is 70.5 cm³/mol. The van der Waals surface area contributed by atoms with E-state index in [1.54, 1.807) is 19.1 Å². The van der Waals surface area contributed by atoms with E-state index >= 15 is 0 Å². The summed E-state index contributed by atoms with van der Waals surface area (Å²) >= 11 is 0. The molecule has 2 rings (SSSR count). The molecule has 0 spiro atoms. The standard InChI is InChI=1S/C16H15FO/c1-10-5-4-6-13(8-10)16(18)15-12(3)7-11(2)9-14(15)17/h4-9H,1-3H3. The van der Waals surface area contributed by atoms with Gasteiger partial charge in [0.05, 0.1) is 5.56 Å². The molecule has 0 aliphatic rings. The van der Waals surface area contributed by atoms with Gasteiger partial charge in [-0.3, -0.25) is 4.79 Å². The third-order valence-electron chi connectivity index (χ3n) is 2.94. The molecular weight excluding hydrogens is 227 g/mol. The molecule has 0 amide bonds. The van der Waals surface area contributed by atoms with Crippen molar-refractivity contribution in [3.63, 3.8) is 0 Å². The number of halogens is 1. The van der Waals surface area contributed by atoms with Gasteiger partial charge in [0.15, 0.2) is 5.78 Å². The Bertz CT molecular complexity index is 591. The van der Waals surface area contributed by atoms with Gasteiger partial charge in [0, 0.05) is 5.56 Å². The fourth-order valence-electron chi connectivity index (χ4n) is 2.13. The largest absolute Gasteiger partial charge is 0.288 e. The lowest BCUT2D eigenvalue weighted by atomic mass is 9.96. The van der Waals surface area contributed by atoms with Gasteiger partial charge in [0.25, 0.3) is 0 Å². The third-order valence-corrected chi connectivity index (χ3v) is 2.94. The van der Waals surface area contributed by atoms with E-state index in [1.807, 2.05) is 32.0 Å². The highest BCUT2D eigenvalue weighted by Gasteiger charge is 2.17. The highest BCUT2D eigenvalue weighted by atomic mass is 19.1. The topological polar surface area (TPSA) is 17.1 Å².